The molecule has 0 atom stereocenters. The van der Waals surface area contributed by atoms with Gasteiger partial charge < -0.3 is 16.8 Å². The normalized spacial score (nSPS) is 10.5. The van der Waals surface area contributed by atoms with Crippen LogP contribution in [0.2, 0.25) is 10.0 Å². The van der Waals surface area contributed by atoms with Gasteiger partial charge in [0.25, 0.3) is 0 Å². The number of hydrogen-bond donors (Lipinski definition) is 3. The van der Waals surface area contributed by atoms with Crippen molar-refractivity contribution in [2.45, 2.75) is 11.6 Å². The molecule has 0 aliphatic carbocycles. The quantitative estimate of drug-likeness (QED) is 0.560. The average Bonchev–Trinajstić information content (AvgIpc) is 2.43. The third-order valence-electron chi connectivity index (χ3n) is 2.53. The molecule has 1 amide bonds. The monoisotopic (exact) mass is 357 g/mol. The van der Waals surface area contributed by atoms with E-state index < -0.39 is 0 Å². The van der Waals surface area contributed by atoms with Gasteiger partial charge in [0.1, 0.15) is 11.6 Å². The molecule has 5 N–H and O–H groups in total. The fourth-order valence-electron chi connectivity index (χ4n) is 1.57. The zero-order valence-electron chi connectivity index (χ0n) is 11.3. The van der Waals surface area contributed by atoms with Crippen molar-refractivity contribution in [2.75, 3.05) is 22.5 Å². The van der Waals surface area contributed by atoms with Gasteiger partial charge in [-0.25, -0.2) is 9.97 Å². The maximum absolute atomic E-state index is 11.9. The topological polar surface area (TPSA) is 107 Å². The molecule has 0 saturated heterocycles. The van der Waals surface area contributed by atoms with Crippen molar-refractivity contribution >= 4 is 58.2 Å². The predicted octanol–water partition coefficient (Wildman–Crippen LogP) is 3.07. The first kappa shape index (κ1) is 16.7. The minimum atomic E-state index is -0.187. The van der Waals surface area contributed by atoms with Crippen LogP contribution in [0.25, 0.3) is 0 Å². The number of rotatable bonds is 5. The van der Waals surface area contributed by atoms with E-state index in [2.05, 4.69) is 15.3 Å². The number of halogens is 2. The minimum absolute atomic E-state index is 0.187. The van der Waals surface area contributed by atoms with E-state index >= 15 is 0 Å². The summed E-state index contributed by atoms with van der Waals surface area (Å²) in [5.74, 6) is 0.885. The lowest BCUT2D eigenvalue weighted by atomic mass is 10.3. The van der Waals surface area contributed by atoms with Crippen LogP contribution in [0.3, 0.4) is 0 Å². The van der Waals surface area contributed by atoms with Crippen LogP contribution in [-0.2, 0) is 4.79 Å². The van der Waals surface area contributed by atoms with Crippen molar-refractivity contribution in [1.29, 1.82) is 0 Å². The number of benzene rings is 1. The summed E-state index contributed by atoms with van der Waals surface area (Å²) in [5, 5.41) is 3.84. The Hall–Kier alpha value is -1.70. The molecule has 9 heteroatoms. The Morgan fingerprint density at radius 3 is 2.59 bits per heavy atom. The molecule has 0 radical (unpaired) electrons. The predicted molar refractivity (Wildman–Crippen MR) is 91.3 cm³/mol. The van der Waals surface area contributed by atoms with Gasteiger partial charge in [-0.2, -0.15) is 0 Å². The van der Waals surface area contributed by atoms with E-state index in [0.717, 1.165) is 0 Å². The zero-order chi connectivity index (χ0) is 16.1. The Labute approximate surface area is 141 Å². The third kappa shape index (κ3) is 4.66. The molecule has 1 heterocycles. The fourth-order valence-corrected chi connectivity index (χ4v) is 2.73. The Morgan fingerprint density at radius 1 is 1.23 bits per heavy atom. The fraction of sp³-hybridized carbons (Fsp3) is 0.154. The summed E-state index contributed by atoms with van der Waals surface area (Å²) < 4.78 is 0. The van der Waals surface area contributed by atoms with Crippen LogP contribution in [-0.4, -0.2) is 21.6 Å². The SMILES string of the molecule is Nc1cc(N)nc(SCCC(=O)Nc2cccc(Cl)c2Cl)n1. The lowest BCUT2D eigenvalue weighted by Crippen LogP contribution is -2.12. The summed E-state index contributed by atoms with van der Waals surface area (Å²) in [6.45, 7) is 0. The maximum atomic E-state index is 11.9. The van der Waals surface area contributed by atoms with Crippen molar-refractivity contribution in [2.24, 2.45) is 0 Å². The number of nitrogens with one attached hydrogen (secondary N) is 1. The van der Waals surface area contributed by atoms with Gasteiger partial charge in [-0.1, -0.05) is 41.0 Å². The number of carbonyl (C=O) groups excluding carboxylic acids is 1. The molecule has 1 aromatic heterocycles. The van der Waals surface area contributed by atoms with Gasteiger partial charge in [-0.3, -0.25) is 4.79 Å². The number of carbonyl (C=O) groups is 1. The maximum Gasteiger partial charge on any atom is 0.225 e. The summed E-state index contributed by atoms with van der Waals surface area (Å²) in [7, 11) is 0. The van der Waals surface area contributed by atoms with E-state index in [-0.39, 0.29) is 12.3 Å². The molecule has 0 spiro atoms. The molecule has 0 fully saturated rings. The summed E-state index contributed by atoms with van der Waals surface area (Å²) in [4.78, 5) is 19.9. The number of hydrogen-bond acceptors (Lipinski definition) is 6. The molecule has 0 aliphatic heterocycles. The highest BCUT2D eigenvalue weighted by molar-refractivity contribution is 7.99. The molecular weight excluding hydrogens is 345 g/mol. The van der Waals surface area contributed by atoms with E-state index in [4.69, 9.17) is 34.7 Å². The van der Waals surface area contributed by atoms with E-state index in [9.17, 15) is 4.79 Å². The highest BCUT2D eigenvalue weighted by atomic mass is 35.5. The lowest BCUT2D eigenvalue weighted by molar-refractivity contribution is -0.115. The second-order valence-corrected chi connectivity index (χ2v) is 6.10. The van der Waals surface area contributed by atoms with Crippen molar-refractivity contribution in [3.05, 3.63) is 34.3 Å². The molecule has 22 heavy (non-hydrogen) atoms. The Bertz CT molecular complexity index is 678. The number of nitrogens with two attached hydrogens (primary N) is 2. The summed E-state index contributed by atoms with van der Waals surface area (Å²) in [6.07, 6.45) is 0.256. The number of nitrogens with zero attached hydrogens (tertiary/aromatic N) is 2. The van der Waals surface area contributed by atoms with E-state index in [1.165, 1.54) is 17.8 Å². The standard InChI is InChI=1S/C13H13Cl2N5OS/c14-7-2-1-3-8(12(7)15)18-11(21)4-5-22-13-19-9(16)6-10(17)20-13/h1-3,6H,4-5H2,(H,18,21)(H4,16,17,19,20). The zero-order valence-corrected chi connectivity index (χ0v) is 13.7. The molecule has 116 valence electrons. The summed E-state index contributed by atoms with van der Waals surface area (Å²) >= 11 is 13.2. The number of aromatic nitrogens is 2. The number of thioether (sulfide) groups is 1. The second kappa shape index (κ2) is 7.53. The Kier molecular flexibility index (Phi) is 5.70. The first-order valence-corrected chi connectivity index (χ1v) is 7.96. The molecule has 6 nitrogen and oxygen atoms in total. The molecule has 2 aromatic rings. The third-order valence-corrected chi connectivity index (χ3v) is 4.20. The van der Waals surface area contributed by atoms with Gasteiger partial charge in [0, 0.05) is 18.2 Å². The van der Waals surface area contributed by atoms with Gasteiger partial charge in [0.15, 0.2) is 5.16 Å². The van der Waals surface area contributed by atoms with Gasteiger partial charge in [-0.15, -0.1) is 0 Å². The molecule has 0 unspecified atom stereocenters. The van der Waals surface area contributed by atoms with Crippen LogP contribution in [0.4, 0.5) is 17.3 Å². The van der Waals surface area contributed by atoms with E-state index in [1.807, 2.05) is 0 Å². The number of nitrogen functional groups attached to an aromatic ring is 2. The lowest BCUT2D eigenvalue weighted by Gasteiger charge is -2.08. The number of amides is 1. The second-order valence-electron chi connectivity index (χ2n) is 4.25. The first-order chi connectivity index (χ1) is 10.5. The molecular formula is C13H13Cl2N5OS. The Morgan fingerprint density at radius 2 is 1.91 bits per heavy atom. The van der Waals surface area contributed by atoms with Gasteiger partial charge in [0.2, 0.25) is 5.91 Å². The molecule has 0 saturated carbocycles. The highest BCUT2D eigenvalue weighted by Crippen LogP contribution is 2.29. The Balaban J connectivity index is 1.86. The average molecular weight is 358 g/mol. The van der Waals surface area contributed by atoms with Crippen LogP contribution in [0.1, 0.15) is 6.42 Å². The first-order valence-electron chi connectivity index (χ1n) is 6.22. The van der Waals surface area contributed by atoms with Crippen LogP contribution < -0.4 is 16.8 Å². The number of anilines is 3. The van der Waals surface area contributed by atoms with Crippen molar-refractivity contribution in [3.63, 3.8) is 0 Å². The smallest absolute Gasteiger partial charge is 0.225 e. The molecule has 1 aromatic carbocycles. The molecule has 2 rings (SSSR count). The van der Waals surface area contributed by atoms with Crippen molar-refractivity contribution in [1.82, 2.24) is 9.97 Å². The highest BCUT2D eigenvalue weighted by Gasteiger charge is 2.09. The van der Waals surface area contributed by atoms with Gasteiger partial charge >= 0.3 is 0 Å². The minimum Gasteiger partial charge on any atom is -0.383 e. The van der Waals surface area contributed by atoms with Gasteiger partial charge in [0.05, 0.1) is 15.7 Å². The summed E-state index contributed by atoms with van der Waals surface area (Å²) in [5.41, 5.74) is 11.6. The van der Waals surface area contributed by atoms with E-state index in [1.54, 1.807) is 18.2 Å². The van der Waals surface area contributed by atoms with Crippen molar-refractivity contribution in [3.8, 4) is 0 Å². The van der Waals surface area contributed by atoms with Crippen LogP contribution in [0.5, 0.6) is 0 Å². The van der Waals surface area contributed by atoms with Gasteiger partial charge in [-0.05, 0) is 12.1 Å². The molecule has 0 aliphatic rings. The van der Waals surface area contributed by atoms with Crippen molar-refractivity contribution < 1.29 is 4.79 Å². The largest absolute Gasteiger partial charge is 0.383 e. The molecule has 0 bridgehead atoms. The van der Waals surface area contributed by atoms with Crippen LogP contribution in [0, 0.1) is 0 Å². The summed E-state index contributed by atoms with van der Waals surface area (Å²) in [6, 6.07) is 6.51. The van der Waals surface area contributed by atoms with Crippen LogP contribution in [0.15, 0.2) is 29.4 Å². The van der Waals surface area contributed by atoms with E-state index in [0.29, 0.717) is 38.3 Å². The van der Waals surface area contributed by atoms with Crippen LogP contribution >= 0.6 is 35.0 Å².